The molecule has 1 heterocycles. The number of rotatable bonds is 8. The number of carbonyl (C=O) groups is 2. The Morgan fingerprint density at radius 3 is 2.43 bits per heavy atom. The molecule has 3 N–H and O–H groups in total. The van der Waals surface area contributed by atoms with Gasteiger partial charge in [0.2, 0.25) is 5.91 Å². The number of thiazole rings is 1. The highest BCUT2D eigenvalue weighted by atomic mass is 32.2. The van der Waals surface area contributed by atoms with Gasteiger partial charge in [-0.15, -0.1) is 11.8 Å². The number of aromatic nitrogens is 1. The number of ketones is 1. The van der Waals surface area contributed by atoms with Crippen LogP contribution in [-0.4, -0.2) is 27.0 Å². The normalized spacial score (nSPS) is 11.6. The first-order valence-corrected chi connectivity index (χ1v) is 13.1. The third kappa shape index (κ3) is 6.66. The van der Waals surface area contributed by atoms with Crippen LogP contribution in [0.3, 0.4) is 0 Å². The van der Waals surface area contributed by atoms with Gasteiger partial charge in [0.05, 0.1) is 15.5 Å². The molecule has 3 aromatic carbocycles. The number of amides is 1. The smallest absolute Gasteiger partial charge is 0.239 e. The Kier molecular flexibility index (Phi) is 8.12. The van der Waals surface area contributed by atoms with E-state index in [0.29, 0.717) is 22.2 Å². The molecule has 1 aromatic heterocycles. The standard InChI is InChI=1S/C26H24N4O2S3/c1-3-22(24(32)30-26-29-21-9-4-5-10-23(21)35-26)34-20-8-6-7-19(15-20)28-25(33)27-18-13-11-17(12-14-18)16(2)31/h4-15,22H,3H2,1-2H3,(H2,27,28,33)(H,29,30,32). The average Bonchev–Trinajstić information content (AvgIpc) is 3.25. The van der Waals surface area contributed by atoms with Gasteiger partial charge in [-0.1, -0.05) is 36.5 Å². The van der Waals surface area contributed by atoms with Crippen LogP contribution in [-0.2, 0) is 4.79 Å². The van der Waals surface area contributed by atoms with Crippen LogP contribution in [0.5, 0.6) is 0 Å². The maximum atomic E-state index is 12.9. The molecule has 0 spiro atoms. The van der Waals surface area contributed by atoms with Gasteiger partial charge in [0.15, 0.2) is 16.0 Å². The van der Waals surface area contributed by atoms with Crippen LogP contribution in [0.1, 0.15) is 30.6 Å². The summed E-state index contributed by atoms with van der Waals surface area (Å²) in [6, 6.07) is 22.7. The van der Waals surface area contributed by atoms with Crippen molar-refractivity contribution in [2.45, 2.75) is 30.4 Å². The van der Waals surface area contributed by atoms with E-state index < -0.39 is 0 Å². The summed E-state index contributed by atoms with van der Waals surface area (Å²) >= 11 is 8.41. The molecular formula is C26H24N4O2S3. The van der Waals surface area contributed by atoms with E-state index in [4.69, 9.17) is 12.2 Å². The van der Waals surface area contributed by atoms with Crippen LogP contribution in [0.25, 0.3) is 10.2 Å². The summed E-state index contributed by atoms with van der Waals surface area (Å²) in [4.78, 5) is 29.8. The molecule has 9 heteroatoms. The van der Waals surface area contributed by atoms with Crippen molar-refractivity contribution < 1.29 is 9.59 Å². The Morgan fingerprint density at radius 2 is 1.71 bits per heavy atom. The van der Waals surface area contributed by atoms with Crippen molar-refractivity contribution in [1.29, 1.82) is 0 Å². The highest BCUT2D eigenvalue weighted by Gasteiger charge is 2.19. The molecule has 0 aliphatic rings. The summed E-state index contributed by atoms with van der Waals surface area (Å²) in [5.41, 5.74) is 3.13. The molecule has 4 rings (SSSR count). The highest BCUT2D eigenvalue weighted by Crippen LogP contribution is 2.30. The van der Waals surface area contributed by atoms with E-state index in [1.165, 1.54) is 30.0 Å². The van der Waals surface area contributed by atoms with Crippen LogP contribution in [0.4, 0.5) is 16.5 Å². The fourth-order valence-electron chi connectivity index (χ4n) is 3.33. The molecule has 0 saturated carbocycles. The predicted octanol–water partition coefficient (Wildman–Crippen LogP) is 6.82. The van der Waals surface area contributed by atoms with E-state index in [0.717, 1.165) is 26.5 Å². The molecule has 35 heavy (non-hydrogen) atoms. The first-order valence-electron chi connectivity index (χ1n) is 11.0. The molecule has 0 fully saturated rings. The number of nitrogens with one attached hydrogen (secondary N) is 3. The van der Waals surface area contributed by atoms with Crippen molar-refractivity contribution in [2.75, 3.05) is 16.0 Å². The average molecular weight is 521 g/mol. The number of fused-ring (bicyclic) bond motifs is 1. The van der Waals surface area contributed by atoms with Crippen molar-refractivity contribution in [1.82, 2.24) is 4.98 Å². The quantitative estimate of drug-likeness (QED) is 0.134. The zero-order valence-electron chi connectivity index (χ0n) is 19.2. The van der Waals surface area contributed by atoms with E-state index >= 15 is 0 Å². The van der Waals surface area contributed by atoms with Crippen LogP contribution in [0, 0.1) is 0 Å². The SMILES string of the molecule is CCC(Sc1cccc(NC(=S)Nc2ccc(C(C)=O)cc2)c1)C(=O)Nc1nc2ccccc2s1. The van der Waals surface area contributed by atoms with E-state index in [2.05, 4.69) is 20.9 Å². The lowest BCUT2D eigenvalue weighted by Gasteiger charge is -2.15. The first kappa shape index (κ1) is 24.8. The molecule has 1 unspecified atom stereocenters. The van der Waals surface area contributed by atoms with Crippen molar-refractivity contribution >= 4 is 78.8 Å². The Hall–Kier alpha value is -3.27. The van der Waals surface area contributed by atoms with Crippen LogP contribution < -0.4 is 16.0 Å². The number of carbonyl (C=O) groups excluding carboxylic acids is 2. The van der Waals surface area contributed by atoms with Gasteiger partial charge in [-0.05, 0) is 80.2 Å². The second-order valence-corrected chi connectivity index (χ2v) is 10.4. The topological polar surface area (TPSA) is 83.1 Å². The molecule has 0 radical (unpaired) electrons. The number of para-hydroxylation sites is 1. The highest BCUT2D eigenvalue weighted by molar-refractivity contribution is 8.00. The third-order valence-electron chi connectivity index (χ3n) is 5.11. The van der Waals surface area contributed by atoms with Crippen molar-refractivity contribution in [2.24, 2.45) is 0 Å². The number of nitrogens with zero attached hydrogens (tertiary/aromatic N) is 1. The lowest BCUT2D eigenvalue weighted by atomic mass is 10.1. The maximum absolute atomic E-state index is 12.9. The minimum absolute atomic E-state index is 0.0192. The zero-order valence-corrected chi connectivity index (χ0v) is 21.7. The number of hydrogen-bond acceptors (Lipinski definition) is 6. The van der Waals surface area contributed by atoms with Gasteiger partial charge < -0.3 is 16.0 Å². The van der Waals surface area contributed by atoms with Gasteiger partial charge in [-0.3, -0.25) is 9.59 Å². The molecule has 0 saturated heterocycles. The molecule has 178 valence electrons. The van der Waals surface area contributed by atoms with Gasteiger partial charge in [0, 0.05) is 21.8 Å². The molecule has 1 amide bonds. The first-order chi connectivity index (χ1) is 16.9. The van der Waals surface area contributed by atoms with Gasteiger partial charge in [0.25, 0.3) is 0 Å². The molecule has 0 aliphatic carbocycles. The minimum atomic E-state index is -0.262. The van der Waals surface area contributed by atoms with Crippen LogP contribution in [0.15, 0.2) is 77.7 Å². The predicted molar refractivity (Wildman–Crippen MR) is 151 cm³/mol. The van der Waals surface area contributed by atoms with Crippen molar-refractivity contribution in [3.05, 3.63) is 78.4 Å². The van der Waals surface area contributed by atoms with E-state index in [1.807, 2.05) is 67.6 Å². The Bertz CT molecular complexity index is 1340. The Balaban J connectivity index is 1.36. The summed E-state index contributed by atoms with van der Waals surface area (Å²) in [5, 5.41) is 10.0. The summed E-state index contributed by atoms with van der Waals surface area (Å²) < 4.78 is 1.04. The van der Waals surface area contributed by atoms with Gasteiger partial charge >= 0.3 is 0 Å². The Labute approximate surface area is 217 Å². The number of thiocarbonyl (C=S) groups is 1. The molecule has 6 nitrogen and oxygen atoms in total. The molecule has 0 aliphatic heterocycles. The van der Waals surface area contributed by atoms with E-state index in [1.54, 1.807) is 12.1 Å². The summed E-state index contributed by atoms with van der Waals surface area (Å²) in [6.07, 6.45) is 0.676. The number of hydrogen-bond donors (Lipinski definition) is 3. The minimum Gasteiger partial charge on any atom is -0.332 e. The number of Topliss-reactive ketones (excluding diaryl/α,β-unsaturated/α-hetero) is 1. The second-order valence-electron chi connectivity index (χ2n) is 7.73. The van der Waals surface area contributed by atoms with Crippen LogP contribution >= 0.6 is 35.3 Å². The van der Waals surface area contributed by atoms with Crippen LogP contribution in [0.2, 0.25) is 0 Å². The van der Waals surface area contributed by atoms with E-state index in [9.17, 15) is 9.59 Å². The molecule has 4 aromatic rings. The summed E-state index contributed by atoms with van der Waals surface area (Å²) in [7, 11) is 0. The largest absolute Gasteiger partial charge is 0.332 e. The zero-order chi connectivity index (χ0) is 24.8. The summed E-state index contributed by atoms with van der Waals surface area (Å²) in [6.45, 7) is 3.53. The van der Waals surface area contributed by atoms with E-state index in [-0.39, 0.29) is 16.9 Å². The Morgan fingerprint density at radius 1 is 0.971 bits per heavy atom. The van der Waals surface area contributed by atoms with Crippen molar-refractivity contribution in [3.8, 4) is 0 Å². The molecule has 1 atom stereocenters. The molecular weight excluding hydrogens is 497 g/mol. The lowest BCUT2D eigenvalue weighted by molar-refractivity contribution is -0.115. The number of thioether (sulfide) groups is 1. The van der Waals surface area contributed by atoms with Gasteiger partial charge in [0.1, 0.15) is 0 Å². The lowest BCUT2D eigenvalue weighted by Crippen LogP contribution is -2.24. The monoisotopic (exact) mass is 520 g/mol. The second kappa shape index (κ2) is 11.4. The maximum Gasteiger partial charge on any atom is 0.239 e. The van der Waals surface area contributed by atoms with Crippen molar-refractivity contribution in [3.63, 3.8) is 0 Å². The number of anilines is 3. The molecule has 0 bridgehead atoms. The fourth-order valence-corrected chi connectivity index (χ4v) is 5.44. The van der Waals surface area contributed by atoms with Gasteiger partial charge in [-0.2, -0.15) is 0 Å². The number of benzene rings is 3. The summed E-state index contributed by atoms with van der Waals surface area (Å²) in [5.74, 6) is -0.0492. The fraction of sp³-hybridized carbons (Fsp3) is 0.154. The van der Waals surface area contributed by atoms with Gasteiger partial charge in [-0.25, -0.2) is 4.98 Å². The third-order valence-corrected chi connectivity index (χ3v) is 7.62.